The summed E-state index contributed by atoms with van der Waals surface area (Å²) in [5, 5.41) is 0. The molecular formula is C9H9FN2S. The topological polar surface area (TPSA) is 25.8 Å². The Bertz CT molecular complexity index is 436. The molecule has 68 valence electrons. The van der Waals surface area contributed by atoms with E-state index in [0.717, 1.165) is 4.83 Å². The first-order valence-corrected chi connectivity index (χ1v) is 4.96. The summed E-state index contributed by atoms with van der Waals surface area (Å²) in [4.78, 5) is 9.02. The summed E-state index contributed by atoms with van der Waals surface area (Å²) >= 11 is 1.44. The van der Waals surface area contributed by atoms with Crippen LogP contribution in [-0.4, -0.2) is 9.97 Å². The van der Waals surface area contributed by atoms with E-state index in [0.29, 0.717) is 11.2 Å². The third kappa shape index (κ3) is 1.42. The van der Waals surface area contributed by atoms with E-state index in [4.69, 9.17) is 0 Å². The van der Waals surface area contributed by atoms with Crippen LogP contribution in [0.5, 0.6) is 0 Å². The number of hydrogen-bond donors (Lipinski definition) is 0. The third-order valence-corrected chi connectivity index (χ3v) is 2.59. The van der Waals surface area contributed by atoms with Gasteiger partial charge in [0.1, 0.15) is 16.2 Å². The molecule has 0 amide bonds. The van der Waals surface area contributed by atoms with E-state index >= 15 is 0 Å². The van der Waals surface area contributed by atoms with Crippen molar-refractivity contribution in [2.75, 3.05) is 0 Å². The molecule has 2 aromatic heterocycles. The van der Waals surface area contributed by atoms with E-state index < -0.39 is 0 Å². The van der Waals surface area contributed by atoms with Crippen LogP contribution in [0.3, 0.4) is 0 Å². The number of halogens is 1. The molecule has 13 heavy (non-hydrogen) atoms. The lowest BCUT2D eigenvalue weighted by atomic mass is 10.1. The molecule has 0 N–H and O–H groups in total. The highest BCUT2D eigenvalue weighted by atomic mass is 32.1. The fourth-order valence-corrected chi connectivity index (χ4v) is 1.84. The Morgan fingerprint density at radius 2 is 2.23 bits per heavy atom. The maximum absolute atomic E-state index is 13.4. The SMILES string of the molecule is CC(C)c1nc2scnc2cc1F. The lowest BCUT2D eigenvalue weighted by molar-refractivity contribution is 0.588. The average molecular weight is 196 g/mol. The van der Waals surface area contributed by atoms with Crippen molar-refractivity contribution in [2.24, 2.45) is 0 Å². The van der Waals surface area contributed by atoms with Crippen LogP contribution in [0.25, 0.3) is 10.3 Å². The summed E-state index contributed by atoms with van der Waals surface area (Å²) in [5.74, 6) is -0.139. The van der Waals surface area contributed by atoms with Crippen LogP contribution >= 0.6 is 11.3 Å². The zero-order valence-corrected chi connectivity index (χ0v) is 8.23. The maximum Gasteiger partial charge on any atom is 0.147 e. The van der Waals surface area contributed by atoms with Crippen LogP contribution in [0.1, 0.15) is 25.5 Å². The molecule has 0 spiro atoms. The van der Waals surface area contributed by atoms with E-state index in [1.165, 1.54) is 17.4 Å². The van der Waals surface area contributed by atoms with Gasteiger partial charge in [-0.3, -0.25) is 0 Å². The third-order valence-electron chi connectivity index (χ3n) is 1.85. The smallest absolute Gasteiger partial charge is 0.147 e. The van der Waals surface area contributed by atoms with Gasteiger partial charge in [-0.2, -0.15) is 0 Å². The fraction of sp³-hybridized carbons (Fsp3) is 0.333. The van der Waals surface area contributed by atoms with Gasteiger partial charge in [-0.05, 0) is 5.92 Å². The Labute approximate surface area is 79.5 Å². The van der Waals surface area contributed by atoms with Crippen LogP contribution in [0.2, 0.25) is 0 Å². The Balaban J connectivity index is 2.69. The standard InChI is InChI=1S/C9H9FN2S/c1-5(2)8-6(10)3-7-9(12-8)13-4-11-7/h3-5H,1-2H3. The van der Waals surface area contributed by atoms with Crippen molar-refractivity contribution < 1.29 is 4.39 Å². The minimum absolute atomic E-state index is 0.117. The highest BCUT2D eigenvalue weighted by molar-refractivity contribution is 7.16. The Kier molecular flexibility index (Phi) is 2.00. The molecule has 0 bridgehead atoms. The van der Waals surface area contributed by atoms with Crippen LogP contribution in [0, 0.1) is 5.82 Å². The number of pyridine rings is 1. The van der Waals surface area contributed by atoms with Crippen molar-refractivity contribution in [2.45, 2.75) is 19.8 Å². The van der Waals surface area contributed by atoms with Crippen molar-refractivity contribution in [1.29, 1.82) is 0 Å². The summed E-state index contributed by atoms with van der Waals surface area (Å²) in [6, 6.07) is 1.45. The molecule has 0 aliphatic rings. The van der Waals surface area contributed by atoms with Gasteiger partial charge in [0.05, 0.1) is 11.2 Å². The van der Waals surface area contributed by atoms with Gasteiger partial charge in [0.2, 0.25) is 0 Å². The van der Waals surface area contributed by atoms with Crippen molar-refractivity contribution in [3.63, 3.8) is 0 Å². The minimum Gasteiger partial charge on any atom is -0.243 e. The van der Waals surface area contributed by atoms with E-state index in [1.54, 1.807) is 5.51 Å². The lowest BCUT2D eigenvalue weighted by Gasteiger charge is -2.04. The normalized spacial score (nSPS) is 11.4. The second kappa shape index (κ2) is 3.03. The first-order valence-electron chi connectivity index (χ1n) is 4.08. The number of rotatable bonds is 1. The average Bonchev–Trinajstić information content (AvgIpc) is 2.48. The van der Waals surface area contributed by atoms with Gasteiger partial charge in [0.25, 0.3) is 0 Å². The number of nitrogens with zero attached hydrogens (tertiary/aromatic N) is 2. The van der Waals surface area contributed by atoms with Crippen molar-refractivity contribution in [3.8, 4) is 0 Å². The zero-order valence-electron chi connectivity index (χ0n) is 7.41. The predicted octanol–water partition coefficient (Wildman–Crippen LogP) is 2.95. The summed E-state index contributed by atoms with van der Waals surface area (Å²) in [6.45, 7) is 3.86. The second-order valence-electron chi connectivity index (χ2n) is 3.19. The lowest BCUT2D eigenvalue weighted by Crippen LogP contribution is -1.96. The molecule has 0 saturated carbocycles. The molecule has 0 radical (unpaired) electrons. The second-order valence-corrected chi connectivity index (χ2v) is 4.02. The largest absolute Gasteiger partial charge is 0.243 e. The van der Waals surface area contributed by atoms with Gasteiger partial charge in [-0.1, -0.05) is 13.8 Å². The van der Waals surface area contributed by atoms with Gasteiger partial charge in [0, 0.05) is 6.07 Å². The predicted molar refractivity (Wildman–Crippen MR) is 51.5 cm³/mol. The minimum atomic E-state index is -0.256. The van der Waals surface area contributed by atoms with Crippen LogP contribution in [0.15, 0.2) is 11.6 Å². The molecule has 4 heteroatoms. The fourth-order valence-electron chi connectivity index (χ4n) is 1.19. The van der Waals surface area contributed by atoms with Crippen molar-refractivity contribution in [1.82, 2.24) is 9.97 Å². The monoisotopic (exact) mass is 196 g/mol. The van der Waals surface area contributed by atoms with E-state index in [-0.39, 0.29) is 11.7 Å². The molecule has 2 heterocycles. The first-order chi connectivity index (χ1) is 6.18. The van der Waals surface area contributed by atoms with Gasteiger partial charge in [-0.25, -0.2) is 14.4 Å². The Morgan fingerprint density at radius 1 is 1.46 bits per heavy atom. The molecule has 2 aromatic rings. The molecular weight excluding hydrogens is 187 g/mol. The van der Waals surface area contributed by atoms with Crippen molar-refractivity contribution in [3.05, 3.63) is 23.1 Å². The molecule has 0 atom stereocenters. The molecule has 0 unspecified atom stereocenters. The maximum atomic E-state index is 13.4. The summed E-state index contributed by atoms with van der Waals surface area (Å²) < 4.78 is 13.4. The van der Waals surface area contributed by atoms with Gasteiger partial charge in [-0.15, -0.1) is 11.3 Å². The molecule has 0 fully saturated rings. The first kappa shape index (κ1) is 8.56. The molecule has 0 aliphatic heterocycles. The van der Waals surface area contributed by atoms with E-state index in [1.807, 2.05) is 13.8 Å². The Morgan fingerprint density at radius 3 is 2.92 bits per heavy atom. The van der Waals surface area contributed by atoms with E-state index in [2.05, 4.69) is 9.97 Å². The number of thiazole rings is 1. The summed E-state index contributed by atoms with van der Waals surface area (Å²) in [7, 11) is 0. The van der Waals surface area contributed by atoms with Crippen molar-refractivity contribution >= 4 is 21.7 Å². The highest BCUT2D eigenvalue weighted by Gasteiger charge is 2.10. The van der Waals surface area contributed by atoms with Crippen LogP contribution in [-0.2, 0) is 0 Å². The van der Waals surface area contributed by atoms with Crippen LogP contribution < -0.4 is 0 Å². The molecule has 2 rings (SSSR count). The number of fused-ring (bicyclic) bond motifs is 1. The molecule has 0 aliphatic carbocycles. The number of aromatic nitrogens is 2. The number of hydrogen-bond acceptors (Lipinski definition) is 3. The van der Waals surface area contributed by atoms with Gasteiger partial charge < -0.3 is 0 Å². The van der Waals surface area contributed by atoms with E-state index in [9.17, 15) is 4.39 Å². The van der Waals surface area contributed by atoms with Crippen LogP contribution in [0.4, 0.5) is 4.39 Å². The zero-order chi connectivity index (χ0) is 9.42. The van der Waals surface area contributed by atoms with Gasteiger partial charge >= 0.3 is 0 Å². The van der Waals surface area contributed by atoms with Gasteiger partial charge in [0.15, 0.2) is 0 Å². The molecule has 2 nitrogen and oxygen atoms in total. The summed E-state index contributed by atoms with van der Waals surface area (Å²) in [5.41, 5.74) is 2.85. The quantitative estimate of drug-likeness (QED) is 0.700. The molecule has 0 aromatic carbocycles. The Hall–Kier alpha value is -1.03. The highest BCUT2D eigenvalue weighted by Crippen LogP contribution is 2.22. The summed E-state index contributed by atoms with van der Waals surface area (Å²) in [6.07, 6.45) is 0. The molecule has 0 saturated heterocycles.